The van der Waals surface area contributed by atoms with Crippen LogP contribution in [0.1, 0.15) is 5.56 Å². The average Bonchev–Trinajstić information content (AvgIpc) is 2.84. The second-order valence-electron chi connectivity index (χ2n) is 4.97. The highest BCUT2D eigenvalue weighted by Crippen LogP contribution is 2.38. The number of benzene rings is 2. The van der Waals surface area contributed by atoms with Gasteiger partial charge in [-0.05, 0) is 29.8 Å². The van der Waals surface area contributed by atoms with Gasteiger partial charge in [0.05, 0.1) is 25.6 Å². The average molecular weight is 411 g/mol. The standard InChI is InChI=1S/C16H8Cl2N2O3S2/c17-12-5-4-10(8-13(12)18)19-15(21)14(25-16(19)24)7-9-2-1-3-11(6-9)20(22)23/h1-8H. The lowest BCUT2D eigenvalue weighted by molar-refractivity contribution is -0.384. The molecular formula is C16H8Cl2N2O3S2. The minimum absolute atomic E-state index is 0.0475. The summed E-state index contributed by atoms with van der Waals surface area (Å²) < 4.78 is 0.347. The van der Waals surface area contributed by atoms with Crippen LogP contribution in [0.3, 0.4) is 0 Å². The summed E-state index contributed by atoms with van der Waals surface area (Å²) >= 11 is 18.3. The van der Waals surface area contributed by atoms with Gasteiger partial charge in [0.1, 0.15) is 0 Å². The van der Waals surface area contributed by atoms with Crippen LogP contribution in [-0.2, 0) is 4.79 Å². The molecule has 2 aromatic rings. The third-order valence-corrected chi connectivity index (χ3v) is 5.38. The summed E-state index contributed by atoms with van der Waals surface area (Å²) in [5, 5.41) is 11.6. The second kappa shape index (κ2) is 7.13. The molecule has 0 spiro atoms. The Morgan fingerprint density at radius 2 is 1.92 bits per heavy atom. The number of carbonyl (C=O) groups is 1. The van der Waals surface area contributed by atoms with Crippen LogP contribution in [0.2, 0.25) is 10.0 Å². The van der Waals surface area contributed by atoms with Crippen LogP contribution >= 0.6 is 47.2 Å². The number of nitro groups is 1. The van der Waals surface area contributed by atoms with Gasteiger partial charge in [-0.2, -0.15) is 0 Å². The van der Waals surface area contributed by atoms with E-state index in [9.17, 15) is 14.9 Å². The summed E-state index contributed by atoms with van der Waals surface area (Å²) in [5.74, 6) is -0.320. The smallest absolute Gasteiger partial charge is 0.268 e. The number of anilines is 1. The van der Waals surface area contributed by atoms with Crippen LogP contribution in [0.5, 0.6) is 0 Å². The first-order chi connectivity index (χ1) is 11.9. The lowest BCUT2D eigenvalue weighted by Crippen LogP contribution is -2.27. The summed E-state index contributed by atoms with van der Waals surface area (Å²) in [6, 6.07) is 10.8. The third kappa shape index (κ3) is 3.69. The molecule has 0 aromatic heterocycles. The molecule has 0 atom stereocenters. The van der Waals surface area contributed by atoms with Crippen molar-refractivity contribution in [3.63, 3.8) is 0 Å². The first kappa shape index (κ1) is 17.9. The van der Waals surface area contributed by atoms with Gasteiger partial charge in [-0.15, -0.1) is 0 Å². The van der Waals surface area contributed by atoms with Crippen LogP contribution in [-0.4, -0.2) is 15.2 Å². The lowest BCUT2D eigenvalue weighted by atomic mass is 10.2. The first-order valence-corrected chi connectivity index (χ1v) is 8.82. The molecular weight excluding hydrogens is 403 g/mol. The summed E-state index contributed by atoms with van der Waals surface area (Å²) in [4.78, 5) is 24.8. The van der Waals surface area contributed by atoms with Crippen molar-refractivity contribution in [2.45, 2.75) is 0 Å². The largest absolute Gasteiger partial charge is 0.270 e. The van der Waals surface area contributed by atoms with E-state index in [0.29, 0.717) is 30.5 Å². The molecule has 1 saturated heterocycles. The number of nitro benzene ring substituents is 1. The highest BCUT2D eigenvalue weighted by atomic mass is 35.5. The second-order valence-corrected chi connectivity index (χ2v) is 7.46. The van der Waals surface area contributed by atoms with Gasteiger partial charge in [0.25, 0.3) is 11.6 Å². The fraction of sp³-hybridized carbons (Fsp3) is 0. The van der Waals surface area contributed by atoms with E-state index >= 15 is 0 Å². The van der Waals surface area contributed by atoms with Crippen LogP contribution in [0.4, 0.5) is 11.4 Å². The first-order valence-electron chi connectivity index (χ1n) is 6.84. The van der Waals surface area contributed by atoms with E-state index in [0.717, 1.165) is 11.8 Å². The van der Waals surface area contributed by atoms with E-state index in [2.05, 4.69) is 0 Å². The van der Waals surface area contributed by atoms with E-state index in [1.54, 1.807) is 36.4 Å². The maximum absolute atomic E-state index is 12.7. The topological polar surface area (TPSA) is 63.4 Å². The Labute approximate surface area is 162 Å². The van der Waals surface area contributed by atoms with Gasteiger partial charge in [0, 0.05) is 12.1 Å². The summed E-state index contributed by atoms with van der Waals surface area (Å²) in [6.07, 6.45) is 1.57. The zero-order chi connectivity index (χ0) is 18.1. The number of thioether (sulfide) groups is 1. The molecule has 1 heterocycles. The van der Waals surface area contributed by atoms with Gasteiger partial charge >= 0.3 is 0 Å². The number of nitrogens with zero attached hydrogens (tertiary/aromatic N) is 2. The van der Waals surface area contributed by atoms with Gasteiger partial charge in [0.15, 0.2) is 4.32 Å². The third-order valence-electron chi connectivity index (χ3n) is 3.33. The van der Waals surface area contributed by atoms with Crippen molar-refractivity contribution in [2.75, 3.05) is 4.90 Å². The van der Waals surface area contributed by atoms with Crippen molar-refractivity contribution >= 4 is 74.9 Å². The Balaban J connectivity index is 1.94. The van der Waals surface area contributed by atoms with Crippen molar-refractivity contribution < 1.29 is 9.72 Å². The molecule has 1 aliphatic rings. The van der Waals surface area contributed by atoms with Crippen molar-refractivity contribution in [2.24, 2.45) is 0 Å². The number of amides is 1. The number of halogens is 2. The number of carbonyl (C=O) groups excluding carboxylic acids is 1. The fourth-order valence-electron chi connectivity index (χ4n) is 2.19. The number of hydrogen-bond donors (Lipinski definition) is 0. The van der Waals surface area contributed by atoms with Gasteiger partial charge in [-0.25, -0.2) is 0 Å². The van der Waals surface area contributed by atoms with Crippen molar-refractivity contribution in [3.05, 3.63) is 73.1 Å². The molecule has 1 aliphatic heterocycles. The molecule has 0 aliphatic carbocycles. The van der Waals surface area contributed by atoms with E-state index in [-0.39, 0.29) is 11.6 Å². The van der Waals surface area contributed by atoms with Gasteiger partial charge < -0.3 is 0 Å². The molecule has 0 radical (unpaired) electrons. The van der Waals surface area contributed by atoms with Crippen molar-refractivity contribution in [3.8, 4) is 0 Å². The predicted molar refractivity (Wildman–Crippen MR) is 105 cm³/mol. The normalized spacial score (nSPS) is 15.9. The van der Waals surface area contributed by atoms with Crippen LogP contribution in [0, 0.1) is 10.1 Å². The number of hydrogen-bond acceptors (Lipinski definition) is 5. The van der Waals surface area contributed by atoms with E-state index < -0.39 is 4.92 Å². The Bertz CT molecular complexity index is 947. The highest BCUT2D eigenvalue weighted by Gasteiger charge is 2.33. The summed E-state index contributed by atoms with van der Waals surface area (Å²) in [6.45, 7) is 0. The Morgan fingerprint density at radius 3 is 2.60 bits per heavy atom. The van der Waals surface area contributed by atoms with Gasteiger partial charge in [0.2, 0.25) is 0 Å². The van der Waals surface area contributed by atoms with E-state index in [1.807, 2.05) is 0 Å². The molecule has 9 heteroatoms. The SMILES string of the molecule is O=C1C(=Cc2cccc([N+](=O)[O-])c2)SC(=S)N1c1ccc(Cl)c(Cl)c1. The molecule has 0 unspecified atom stereocenters. The molecule has 2 aromatic carbocycles. The molecule has 0 bridgehead atoms. The maximum Gasteiger partial charge on any atom is 0.270 e. The monoisotopic (exact) mass is 410 g/mol. The molecule has 1 amide bonds. The maximum atomic E-state index is 12.7. The molecule has 0 saturated carbocycles. The van der Waals surface area contributed by atoms with Gasteiger partial charge in [-0.3, -0.25) is 19.8 Å². The van der Waals surface area contributed by atoms with Crippen molar-refractivity contribution in [1.82, 2.24) is 0 Å². The lowest BCUT2D eigenvalue weighted by Gasteiger charge is -2.15. The number of non-ortho nitro benzene ring substituents is 1. The zero-order valence-corrected chi connectivity index (χ0v) is 15.5. The Hall–Kier alpha value is -1.93. The molecule has 25 heavy (non-hydrogen) atoms. The van der Waals surface area contributed by atoms with E-state index in [1.165, 1.54) is 17.0 Å². The minimum atomic E-state index is -0.488. The number of thiocarbonyl (C=S) groups is 1. The predicted octanol–water partition coefficient (Wildman–Crippen LogP) is 5.31. The van der Waals surface area contributed by atoms with Crippen LogP contribution in [0.25, 0.3) is 6.08 Å². The van der Waals surface area contributed by atoms with Crippen molar-refractivity contribution in [1.29, 1.82) is 0 Å². The van der Waals surface area contributed by atoms with E-state index in [4.69, 9.17) is 35.4 Å². The molecule has 126 valence electrons. The molecule has 5 nitrogen and oxygen atoms in total. The summed E-state index contributed by atoms with van der Waals surface area (Å²) in [5.41, 5.74) is 1.01. The quantitative estimate of drug-likeness (QED) is 0.297. The summed E-state index contributed by atoms with van der Waals surface area (Å²) in [7, 11) is 0. The van der Waals surface area contributed by atoms with Crippen LogP contribution < -0.4 is 4.90 Å². The Kier molecular flexibility index (Phi) is 5.10. The number of rotatable bonds is 3. The van der Waals surface area contributed by atoms with Crippen LogP contribution in [0.15, 0.2) is 47.4 Å². The highest BCUT2D eigenvalue weighted by molar-refractivity contribution is 8.27. The molecule has 1 fully saturated rings. The zero-order valence-electron chi connectivity index (χ0n) is 12.3. The minimum Gasteiger partial charge on any atom is -0.268 e. The fourth-order valence-corrected chi connectivity index (χ4v) is 3.79. The Morgan fingerprint density at radius 1 is 1.16 bits per heavy atom. The molecule has 3 rings (SSSR count). The van der Waals surface area contributed by atoms with Gasteiger partial charge in [-0.1, -0.05) is 59.3 Å². The molecule has 0 N–H and O–H groups in total.